The molecular formula is C19H31NO3. The summed E-state index contributed by atoms with van der Waals surface area (Å²) >= 11 is 0. The molecule has 2 fully saturated rings. The number of aliphatic hydroxyl groups excluding tert-OH is 1. The van der Waals surface area contributed by atoms with Gasteiger partial charge in [-0.15, -0.1) is 0 Å². The fourth-order valence-corrected chi connectivity index (χ4v) is 5.56. The van der Waals surface area contributed by atoms with Crippen LogP contribution in [0.1, 0.15) is 45.4 Å². The minimum Gasteiger partial charge on any atom is -0.389 e. The maximum atomic E-state index is 11.7. The Labute approximate surface area is 139 Å². The van der Waals surface area contributed by atoms with E-state index >= 15 is 0 Å². The largest absolute Gasteiger partial charge is 0.389 e. The number of hydrogen-bond acceptors (Lipinski definition) is 4. The zero-order valence-corrected chi connectivity index (χ0v) is 14.7. The number of ether oxygens (including phenoxy) is 1. The van der Waals surface area contributed by atoms with Crippen molar-refractivity contribution in [3.63, 3.8) is 0 Å². The van der Waals surface area contributed by atoms with Crippen molar-refractivity contribution in [2.24, 2.45) is 5.41 Å². The molecule has 3 aliphatic rings. The van der Waals surface area contributed by atoms with E-state index in [1.54, 1.807) is 7.11 Å². The van der Waals surface area contributed by atoms with Crippen molar-refractivity contribution < 1.29 is 14.9 Å². The van der Waals surface area contributed by atoms with E-state index in [2.05, 4.69) is 18.0 Å². The number of allylic oxidation sites excluding steroid dienone is 1. The molecule has 1 aliphatic heterocycles. The lowest BCUT2D eigenvalue weighted by molar-refractivity contribution is -0.185. The summed E-state index contributed by atoms with van der Waals surface area (Å²) in [5, 5.41) is 22.3. The molecule has 1 unspecified atom stereocenters. The maximum Gasteiger partial charge on any atom is 0.0899 e. The molecule has 2 aliphatic carbocycles. The van der Waals surface area contributed by atoms with Crippen LogP contribution in [0.2, 0.25) is 0 Å². The number of likely N-dealkylation sites (tertiary alicyclic amines) is 1. The second-order valence-corrected chi connectivity index (χ2v) is 7.64. The molecule has 4 nitrogen and oxygen atoms in total. The first-order valence-electron chi connectivity index (χ1n) is 8.96. The number of aliphatic hydroxyl groups is 2. The van der Waals surface area contributed by atoms with E-state index in [0.717, 1.165) is 50.6 Å². The maximum absolute atomic E-state index is 11.7. The summed E-state index contributed by atoms with van der Waals surface area (Å²) in [7, 11) is 3.82. The van der Waals surface area contributed by atoms with E-state index in [1.165, 1.54) is 5.57 Å². The predicted octanol–water partition coefficient (Wildman–Crippen LogP) is 2.27. The van der Waals surface area contributed by atoms with E-state index in [1.807, 2.05) is 13.0 Å². The fraction of sp³-hybridized carbons (Fsp3) is 0.789. The molecule has 0 radical (unpaired) electrons. The summed E-state index contributed by atoms with van der Waals surface area (Å²) in [5.41, 5.74) is 1.36. The van der Waals surface area contributed by atoms with Crippen molar-refractivity contribution in [1.82, 2.24) is 4.90 Å². The highest BCUT2D eigenvalue weighted by Gasteiger charge is 2.63. The Morgan fingerprint density at radius 1 is 1.35 bits per heavy atom. The van der Waals surface area contributed by atoms with Gasteiger partial charge in [0, 0.05) is 18.6 Å². The third-order valence-electron chi connectivity index (χ3n) is 6.49. The number of methoxy groups -OCH3 is 1. The Morgan fingerprint density at radius 3 is 2.78 bits per heavy atom. The van der Waals surface area contributed by atoms with Gasteiger partial charge in [-0.1, -0.05) is 25.0 Å². The van der Waals surface area contributed by atoms with Crippen LogP contribution in [0.25, 0.3) is 0 Å². The molecule has 2 N–H and O–H groups in total. The Bertz CT molecular complexity index is 513. The third kappa shape index (κ3) is 2.51. The third-order valence-corrected chi connectivity index (χ3v) is 6.49. The molecule has 4 atom stereocenters. The van der Waals surface area contributed by atoms with Crippen LogP contribution in [0.3, 0.4) is 0 Å². The summed E-state index contributed by atoms with van der Waals surface area (Å²) in [6.45, 7) is 3.44. The first-order chi connectivity index (χ1) is 11.0. The molecule has 1 heterocycles. The number of likely N-dealkylation sites (N-methyl/N-ethyl adjacent to an activating group) is 1. The minimum absolute atomic E-state index is 0.154. The summed E-state index contributed by atoms with van der Waals surface area (Å²) < 4.78 is 5.14. The topological polar surface area (TPSA) is 52.9 Å². The lowest BCUT2D eigenvalue weighted by Crippen LogP contribution is -2.70. The highest BCUT2D eigenvalue weighted by Crippen LogP contribution is 2.61. The molecule has 2 bridgehead atoms. The van der Waals surface area contributed by atoms with Gasteiger partial charge in [0.1, 0.15) is 0 Å². The van der Waals surface area contributed by atoms with Crippen molar-refractivity contribution in [2.75, 3.05) is 27.3 Å². The van der Waals surface area contributed by atoms with Crippen LogP contribution in [-0.4, -0.2) is 60.2 Å². The molecule has 4 heteroatoms. The second kappa shape index (κ2) is 6.32. The van der Waals surface area contributed by atoms with Crippen LogP contribution in [0.15, 0.2) is 23.3 Å². The zero-order valence-electron chi connectivity index (χ0n) is 14.7. The number of nitrogens with zero attached hydrogens (tertiary/aromatic N) is 1. The van der Waals surface area contributed by atoms with Gasteiger partial charge in [0.2, 0.25) is 0 Å². The lowest BCUT2D eigenvalue weighted by Gasteiger charge is -2.64. The van der Waals surface area contributed by atoms with Gasteiger partial charge in [0.05, 0.1) is 18.3 Å². The van der Waals surface area contributed by atoms with Gasteiger partial charge in [-0.3, -0.25) is 0 Å². The Morgan fingerprint density at radius 2 is 2.09 bits per heavy atom. The minimum atomic E-state index is -0.691. The number of hydrogen-bond donors (Lipinski definition) is 2. The molecule has 23 heavy (non-hydrogen) atoms. The first-order valence-corrected chi connectivity index (χ1v) is 8.96. The average molecular weight is 321 g/mol. The van der Waals surface area contributed by atoms with E-state index < -0.39 is 11.7 Å². The van der Waals surface area contributed by atoms with Crippen LogP contribution in [0, 0.1) is 5.41 Å². The summed E-state index contributed by atoms with van der Waals surface area (Å²) in [4.78, 5) is 2.33. The van der Waals surface area contributed by atoms with Gasteiger partial charge in [0.25, 0.3) is 0 Å². The summed E-state index contributed by atoms with van der Waals surface area (Å²) in [5.74, 6) is 0. The van der Waals surface area contributed by atoms with Crippen LogP contribution in [0.5, 0.6) is 0 Å². The molecular weight excluding hydrogens is 290 g/mol. The van der Waals surface area contributed by atoms with Crippen molar-refractivity contribution >= 4 is 0 Å². The number of piperidine rings is 1. The van der Waals surface area contributed by atoms with Crippen molar-refractivity contribution in [2.45, 2.75) is 63.2 Å². The highest BCUT2D eigenvalue weighted by molar-refractivity contribution is 5.43. The Hall–Kier alpha value is -0.680. The SMILES string of the molecule is COC/C=C\C1=C(C(C)O)[C@@]23CCCC[C@@]2(O)[C@@H](C1)N(C)CC3. The van der Waals surface area contributed by atoms with Crippen LogP contribution < -0.4 is 0 Å². The van der Waals surface area contributed by atoms with Crippen LogP contribution in [-0.2, 0) is 4.74 Å². The summed E-state index contributed by atoms with van der Waals surface area (Å²) in [6, 6.07) is 0.154. The molecule has 0 amide bonds. The molecule has 1 saturated carbocycles. The summed E-state index contributed by atoms with van der Waals surface area (Å²) in [6.07, 6.45) is 9.47. The zero-order chi connectivity index (χ0) is 16.7. The molecule has 3 rings (SSSR count). The predicted molar refractivity (Wildman–Crippen MR) is 91.2 cm³/mol. The van der Waals surface area contributed by atoms with Gasteiger partial charge >= 0.3 is 0 Å². The molecule has 0 aromatic heterocycles. The Balaban J connectivity index is 2.12. The van der Waals surface area contributed by atoms with Crippen LogP contribution in [0.4, 0.5) is 0 Å². The highest BCUT2D eigenvalue weighted by atomic mass is 16.5. The van der Waals surface area contributed by atoms with E-state index in [-0.39, 0.29) is 11.5 Å². The lowest BCUT2D eigenvalue weighted by atomic mass is 9.48. The van der Waals surface area contributed by atoms with E-state index in [0.29, 0.717) is 6.61 Å². The molecule has 1 saturated heterocycles. The van der Waals surface area contributed by atoms with Gasteiger partial charge in [0.15, 0.2) is 0 Å². The molecule has 0 aromatic rings. The first kappa shape index (κ1) is 17.2. The molecule has 130 valence electrons. The van der Waals surface area contributed by atoms with Crippen LogP contribution >= 0.6 is 0 Å². The van der Waals surface area contributed by atoms with E-state index in [4.69, 9.17) is 4.74 Å². The molecule has 0 spiro atoms. The van der Waals surface area contributed by atoms with Crippen molar-refractivity contribution in [3.8, 4) is 0 Å². The standard InChI is InChI=1S/C19H31NO3/c1-14(21)17-15(7-6-12-23-3)13-16-19(22)9-5-4-8-18(17,19)10-11-20(16)2/h6-7,14,16,21-22H,4-5,8-13H2,1-3H3/b7-6-/t14?,16-,18+,19-/m1/s1. The average Bonchev–Trinajstić information content (AvgIpc) is 2.50. The smallest absolute Gasteiger partial charge is 0.0899 e. The van der Waals surface area contributed by atoms with Gasteiger partial charge in [-0.25, -0.2) is 0 Å². The Kier molecular flexibility index (Phi) is 4.71. The quantitative estimate of drug-likeness (QED) is 0.834. The van der Waals surface area contributed by atoms with Gasteiger partial charge in [-0.2, -0.15) is 0 Å². The van der Waals surface area contributed by atoms with Gasteiger partial charge in [-0.05, 0) is 57.3 Å². The van der Waals surface area contributed by atoms with E-state index in [9.17, 15) is 10.2 Å². The number of rotatable bonds is 4. The fourth-order valence-electron chi connectivity index (χ4n) is 5.56. The second-order valence-electron chi connectivity index (χ2n) is 7.64. The van der Waals surface area contributed by atoms with Crippen molar-refractivity contribution in [1.29, 1.82) is 0 Å². The van der Waals surface area contributed by atoms with Crippen molar-refractivity contribution in [3.05, 3.63) is 23.3 Å². The normalized spacial score (nSPS) is 39.6. The van der Waals surface area contributed by atoms with Gasteiger partial charge < -0.3 is 19.8 Å². The monoisotopic (exact) mass is 321 g/mol. The molecule has 0 aromatic carbocycles.